The van der Waals surface area contributed by atoms with E-state index in [0.717, 1.165) is 41.5 Å². The number of hydrogen-bond acceptors (Lipinski definition) is 6. The highest BCUT2D eigenvalue weighted by atomic mass is 19.1. The summed E-state index contributed by atoms with van der Waals surface area (Å²) in [7, 11) is 1.62. The monoisotopic (exact) mass is 496 g/mol. The van der Waals surface area contributed by atoms with Gasteiger partial charge in [-0.1, -0.05) is 30.3 Å². The van der Waals surface area contributed by atoms with Crippen molar-refractivity contribution in [2.45, 2.75) is 25.4 Å². The number of rotatable bonds is 6. The number of fused-ring (bicyclic) bond motifs is 2. The Balaban J connectivity index is 1.53. The van der Waals surface area contributed by atoms with Crippen LogP contribution >= 0.6 is 0 Å². The number of methoxy groups -OCH3 is 1. The summed E-state index contributed by atoms with van der Waals surface area (Å²) in [5.41, 5.74) is 4.17. The predicted octanol–water partition coefficient (Wildman–Crippen LogP) is 4.25. The molecule has 9 heteroatoms. The number of halogens is 1. The average Bonchev–Trinajstić information content (AvgIpc) is 3.38. The standard InChI is InChI=1S/C28H25FN6O2/c1-37-22-12-13-24-20(15-22)16-23(28(36)30-24)26(34-14-4-6-19-5-2-3-7-25(19)34)27-31-32-33-35(27)17-18-8-10-21(29)11-9-18/h2-3,5,7-13,15-16,26H,4,6,14,17H2,1H3,(H,30,36). The normalized spacial score (nSPS) is 13.9. The van der Waals surface area contributed by atoms with Gasteiger partial charge in [-0.2, -0.15) is 0 Å². The number of nitrogens with one attached hydrogen (secondary N) is 1. The first-order valence-corrected chi connectivity index (χ1v) is 12.2. The van der Waals surface area contributed by atoms with E-state index in [4.69, 9.17) is 4.74 Å². The third-order valence-electron chi connectivity index (χ3n) is 6.88. The number of anilines is 1. The van der Waals surface area contributed by atoms with Gasteiger partial charge in [-0.25, -0.2) is 9.07 Å². The largest absolute Gasteiger partial charge is 0.497 e. The minimum Gasteiger partial charge on any atom is -0.497 e. The first-order valence-electron chi connectivity index (χ1n) is 12.2. The van der Waals surface area contributed by atoms with E-state index >= 15 is 0 Å². The highest BCUT2D eigenvalue weighted by Gasteiger charge is 2.33. The van der Waals surface area contributed by atoms with Gasteiger partial charge in [0.1, 0.15) is 17.6 Å². The Labute approximate surface area is 212 Å². The number of aromatic amines is 1. The van der Waals surface area contributed by atoms with Crippen molar-refractivity contribution in [1.82, 2.24) is 25.2 Å². The van der Waals surface area contributed by atoms with Gasteiger partial charge in [0.2, 0.25) is 0 Å². The Morgan fingerprint density at radius 3 is 2.76 bits per heavy atom. The molecule has 1 unspecified atom stereocenters. The van der Waals surface area contributed by atoms with E-state index in [1.165, 1.54) is 17.7 Å². The highest BCUT2D eigenvalue weighted by Crippen LogP contribution is 2.37. The second-order valence-electron chi connectivity index (χ2n) is 9.16. The molecule has 8 nitrogen and oxygen atoms in total. The van der Waals surface area contributed by atoms with Crippen LogP contribution in [0.2, 0.25) is 0 Å². The lowest BCUT2D eigenvalue weighted by molar-refractivity contribution is 0.415. The molecule has 1 aliphatic rings. The summed E-state index contributed by atoms with van der Waals surface area (Å²) in [6.07, 6.45) is 1.90. The number of aromatic nitrogens is 5. The lowest BCUT2D eigenvalue weighted by Gasteiger charge is -2.37. The number of para-hydroxylation sites is 1. The molecular weight excluding hydrogens is 471 g/mol. The van der Waals surface area contributed by atoms with Gasteiger partial charge in [-0.05, 0) is 76.9 Å². The molecular formula is C28H25FN6O2. The van der Waals surface area contributed by atoms with Crippen molar-refractivity contribution < 1.29 is 9.13 Å². The van der Waals surface area contributed by atoms with Crippen LogP contribution in [0.15, 0.2) is 77.6 Å². The van der Waals surface area contributed by atoms with Crippen LogP contribution in [0.3, 0.4) is 0 Å². The maximum absolute atomic E-state index is 13.6. The number of aryl methyl sites for hydroxylation is 1. The van der Waals surface area contributed by atoms with Crippen molar-refractivity contribution in [3.63, 3.8) is 0 Å². The van der Waals surface area contributed by atoms with Crippen LogP contribution in [-0.4, -0.2) is 38.8 Å². The lowest BCUT2D eigenvalue weighted by Crippen LogP contribution is -2.38. The fraction of sp³-hybridized carbons (Fsp3) is 0.214. The van der Waals surface area contributed by atoms with Crippen LogP contribution in [0.4, 0.5) is 10.1 Å². The van der Waals surface area contributed by atoms with Crippen molar-refractivity contribution in [1.29, 1.82) is 0 Å². The Morgan fingerprint density at radius 1 is 1.08 bits per heavy atom. The molecule has 0 saturated heterocycles. The zero-order valence-corrected chi connectivity index (χ0v) is 20.3. The second-order valence-corrected chi connectivity index (χ2v) is 9.16. The van der Waals surface area contributed by atoms with E-state index < -0.39 is 6.04 Å². The molecule has 186 valence electrons. The van der Waals surface area contributed by atoms with Crippen LogP contribution < -0.4 is 15.2 Å². The van der Waals surface area contributed by atoms with Crippen molar-refractivity contribution in [3.8, 4) is 5.75 Å². The number of tetrazole rings is 1. The maximum Gasteiger partial charge on any atom is 0.254 e. The quantitative estimate of drug-likeness (QED) is 0.378. The first-order chi connectivity index (χ1) is 18.1. The van der Waals surface area contributed by atoms with Gasteiger partial charge >= 0.3 is 0 Å². The Kier molecular flexibility index (Phi) is 5.88. The fourth-order valence-electron chi connectivity index (χ4n) is 5.09. The molecule has 0 spiro atoms. The summed E-state index contributed by atoms with van der Waals surface area (Å²) in [4.78, 5) is 18.8. The number of nitrogens with zero attached hydrogens (tertiary/aromatic N) is 5. The van der Waals surface area contributed by atoms with Crippen molar-refractivity contribution in [2.75, 3.05) is 18.6 Å². The van der Waals surface area contributed by atoms with Gasteiger partial charge in [-0.3, -0.25) is 4.79 Å². The van der Waals surface area contributed by atoms with Gasteiger partial charge < -0.3 is 14.6 Å². The van der Waals surface area contributed by atoms with E-state index in [0.29, 0.717) is 23.7 Å². The first kappa shape index (κ1) is 22.9. The molecule has 3 aromatic carbocycles. The van der Waals surface area contributed by atoms with E-state index in [1.54, 1.807) is 23.9 Å². The molecule has 6 rings (SSSR count). The van der Waals surface area contributed by atoms with Crippen LogP contribution in [0.25, 0.3) is 10.9 Å². The molecule has 0 bridgehead atoms. The highest BCUT2D eigenvalue weighted by molar-refractivity contribution is 5.81. The molecule has 1 atom stereocenters. The summed E-state index contributed by atoms with van der Waals surface area (Å²) in [5, 5.41) is 13.5. The summed E-state index contributed by atoms with van der Waals surface area (Å²) in [6, 6.07) is 21.4. The van der Waals surface area contributed by atoms with Gasteiger partial charge in [-0.15, -0.1) is 5.10 Å². The van der Waals surface area contributed by atoms with Crippen LogP contribution in [-0.2, 0) is 13.0 Å². The van der Waals surface area contributed by atoms with Crippen molar-refractivity contribution in [2.24, 2.45) is 0 Å². The topological polar surface area (TPSA) is 88.9 Å². The van der Waals surface area contributed by atoms with Gasteiger partial charge in [0, 0.05) is 28.7 Å². The zero-order chi connectivity index (χ0) is 25.4. The zero-order valence-electron chi connectivity index (χ0n) is 20.3. The fourth-order valence-corrected chi connectivity index (χ4v) is 5.09. The van der Waals surface area contributed by atoms with E-state index in [-0.39, 0.29) is 11.4 Å². The number of pyridine rings is 1. The molecule has 0 radical (unpaired) electrons. The molecule has 3 heterocycles. The van der Waals surface area contributed by atoms with E-state index in [9.17, 15) is 9.18 Å². The van der Waals surface area contributed by atoms with Crippen LogP contribution in [0, 0.1) is 5.82 Å². The predicted molar refractivity (Wildman–Crippen MR) is 138 cm³/mol. The second kappa shape index (κ2) is 9.50. The summed E-state index contributed by atoms with van der Waals surface area (Å²) in [6.45, 7) is 1.08. The molecule has 0 saturated carbocycles. The summed E-state index contributed by atoms with van der Waals surface area (Å²) >= 11 is 0. The lowest BCUT2D eigenvalue weighted by atomic mass is 9.96. The Morgan fingerprint density at radius 2 is 1.92 bits per heavy atom. The molecule has 1 N–H and O–H groups in total. The Hall–Kier alpha value is -4.53. The van der Waals surface area contributed by atoms with Crippen molar-refractivity contribution >= 4 is 16.6 Å². The van der Waals surface area contributed by atoms with Crippen LogP contribution in [0.1, 0.15) is 35.0 Å². The van der Waals surface area contributed by atoms with Crippen molar-refractivity contribution in [3.05, 3.63) is 111 Å². The van der Waals surface area contributed by atoms with Crippen LogP contribution in [0.5, 0.6) is 5.75 Å². The smallest absolute Gasteiger partial charge is 0.254 e. The Bertz CT molecular complexity index is 1630. The minimum atomic E-state index is -0.545. The van der Waals surface area contributed by atoms with Gasteiger partial charge in [0.05, 0.1) is 13.7 Å². The van der Waals surface area contributed by atoms with E-state index in [1.807, 2.05) is 36.4 Å². The number of H-pyrrole nitrogens is 1. The minimum absolute atomic E-state index is 0.206. The molecule has 2 aromatic heterocycles. The molecule has 5 aromatic rings. The molecule has 0 aliphatic carbocycles. The summed E-state index contributed by atoms with van der Waals surface area (Å²) in [5.74, 6) is 0.932. The van der Waals surface area contributed by atoms with Gasteiger partial charge in [0.25, 0.3) is 5.56 Å². The average molecular weight is 497 g/mol. The number of hydrogen-bond donors (Lipinski definition) is 1. The third-order valence-corrected chi connectivity index (χ3v) is 6.88. The van der Waals surface area contributed by atoms with E-state index in [2.05, 4.69) is 37.5 Å². The number of ether oxygens (including phenoxy) is 1. The molecule has 0 fully saturated rings. The van der Waals surface area contributed by atoms with Gasteiger partial charge in [0.15, 0.2) is 5.82 Å². The molecule has 0 amide bonds. The molecule has 37 heavy (non-hydrogen) atoms. The SMILES string of the molecule is COc1ccc2[nH]c(=O)c(C(c3nnnn3Cc3ccc(F)cc3)N3CCCc4ccccc43)cc2c1. The number of benzene rings is 3. The third kappa shape index (κ3) is 4.33. The molecule has 1 aliphatic heterocycles. The summed E-state index contributed by atoms with van der Waals surface area (Å²) < 4.78 is 20.6. The maximum atomic E-state index is 13.6.